The minimum atomic E-state index is -0.644. The second-order valence-corrected chi connectivity index (χ2v) is 6.31. The van der Waals surface area contributed by atoms with Crippen LogP contribution in [-0.2, 0) is 16.1 Å². The Morgan fingerprint density at radius 2 is 1.87 bits per heavy atom. The monoisotopic (exact) mass is 315 g/mol. The molecule has 6 nitrogen and oxygen atoms in total. The van der Waals surface area contributed by atoms with Crippen LogP contribution in [0.2, 0.25) is 0 Å². The van der Waals surface area contributed by atoms with Crippen LogP contribution in [-0.4, -0.2) is 59.2 Å². The number of amides is 4. The smallest absolute Gasteiger partial charge is 0.320 e. The van der Waals surface area contributed by atoms with Crippen LogP contribution >= 0.6 is 0 Å². The van der Waals surface area contributed by atoms with Crippen LogP contribution in [0.3, 0.4) is 0 Å². The maximum absolute atomic E-state index is 12.8. The molecule has 4 amide bonds. The molecule has 0 aromatic heterocycles. The van der Waals surface area contributed by atoms with E-state index in [0.29, 0.717) is 13.0 Å². The lowest BCUT2D eigenvalue weighted by molar-refractivity contribution is -0.140. The summed E-state index contributed by atoms with van der Waals surface area (Å²) in [5, 5.41) is 0. The van der Waals surface area contributed by atoms with Gasteiger partial charge in [-0.25, -0.2) is 4.79 Å². The topological polar surface area (TPSA) is 60.9 Å². The van der Waals surface area contributed by atoms with Gasteiger partial charge in [0.05, 0.1) is 12.5 Å². The fraction of sp³-hybridized carbons (Fsp3) is 0.471. The number of likely N-dealkylation sites (tertiary alicyclic amines) is 2. The summed E-state index contributed by atoms with van der Waals surface area (Å²) in [5.41, 5.74) is 0.915. The number of piperidine rings is 1. The van der Waals surface area contributed by atoms with Crippen LogP contribution in [0.1, 0.15) is 18.4 Å². The third-order valence-corrected chi connectivity index (χ3v) is 4.55. The van der Waals surface area contributed by atoms with Crippen molar-refractivity contribution >= 4 is 17.8 Å². The molecule has 2 atom stereocenters. The first-order chi connectivity index (χ1) is 11.0. The highest BCUT2D eigenvalue weighted by atomic mass is 16.2. The van der Waals surface area contributed by atoms with E-state index in [1.807, 2.05) is 30.3 Å². The number of imide groups is 1. The van der Waals surface area contributed by atoms with Crippen molar-refractivity contribution in [1.82, 2.24) is 14.7 Å². The van der Waals surface area contributed by atoms with E-state index in [2.05, 4.69) is 0 Å². The zero-order valence-electron chi connectivity index (χ0n) is 13.4. The van der Waals surface area contributed by atoms with Gasteiger partial charge in [0.1, 0.15) is 6.04 Å². The quantitative estimate of drug-likeness (QED) is 0.773. The highest BCUT2D eigenvalue weighted by Crippen LogP contribution is 2.34. The fourth-order valence-electron chi connectivity index (χ4n) is 3.42. The van der Waals surface area contributed by atoms with E-state index in [0.717, 1.165) is 12.0 Å². The lowest BCUT2D eigenvalue weighted by Gasteiger charge is -2.36. The van der Waals surface area contributed by atoms with Crippen molar-refractivity contribution in [2.75, 3.05) is 20.6 Å². The lowest BCUT2D eigenvalue weighted by atomic mass is 9.91. The first kappa shape index (κ1) is 15.5. The summed E-state index contributed by atoms with van der Waals surface area (Å²) in [6.45, 7) is 0.797. The Hall–Kier alpha value is -2.37. The van der Waals surface area contributed by atoms with E-state index in [1.165, 1.54) is 9.80 Å². The van der Waals surface area contributed by atoms with Gasteiger partial charge in [0.25, 0.3) is 5.91 Å². The lowest BCUT2D eigenvalue weighted by Crippen LogP contribution is -2.53. The standard InChI is InChI=1S/C17H21N3O3/c1-18(2)17(23)19-10-6-9-13-14(19)16(22)20(15(13)21)11-12-7-4-3-5-8-12/h3-5,7-8,13-14H,6,9-11H2,1-2H3/t13-,14+/m1/s1. The van der Waals surface area contributed by atoms with Crippen molar-refractivity contribution in [3.05, 3.63) is 35.9 Å². The molecule has 0 aliphatic carbocycles. The van der Waals surface area contributed by atoms with Gasteiger partial charge in [-0.15, -0.1) is 0 Å². The second-order valence-electron chi connectivity index (χ2n) is 6.31. The van der Waals surface area contributed by atoms with Crippen LogP contribution in [0.4, 0.5) is 4.79 Å². The third-order valence-electron chi connectivity index (χ3n) is 4.55. The van der Waals surface area contributed by atoms with Gasteiger partial charge < -0.3 is 9.80 Å². The molecule has 0 unspecified atom stereocenters. The molecule has 23 heavy (non-hydrogen) atoms. The highest BCUT2D eigenvalue weighted by Gasteiger charge is 2.53. The van der Waals surface area contributed by atoms with E-state index in [1.54, 1.807) is 19.0 Å². The Morgan fingerprint density at radius 3 is 2.52 bits per heavy atom. The summed E-state index contributed by atoms with van der Waals surface area (Å²) >= 11 is 0. The number of carbonyl (C=O) groups excluding carboxylic acids is 3. The first-order valence-electron chi connectivity index (χ1n) is 7.88. The van der Waals surface area contributed by atoms with Crippen molar-refractivity contribution in [2.24, 2.45) is 5.92 Å². The SMILES string of the molecule is CN(C)C(=O)N1CCC[C@H]2C(=O)N(Cc3ccccc3)C(=O)[C@H]21. The molecule has 122 valence electrons. The Kier molecular flexibility index (Phi) is 4.07. The van der Waals surface area contributed by atoms with E-state index >= 15 is 0 Å². The van der Waals surface area contributed by atoms with Gasteiger partial charge in [0, 0.05) is 20.6 Å². The molecule has 0 N–H and O–H groups in total. The number of hydrogen-bond acceptors (Lipinski definition) is 3. The van der Waals surface area contributed by atoms with Crippen molar-refractivity contribution in [3.63, 3.8) is 0 Å². The molecule has 0 spiro atoms. The Bertz CT molecular complexity index is 629. The molecule has 0 bridgehead atoms. The van der Waals surface area contributed by atoms with Gasteiger partial charge in [-0.2, -0.15) is 0 Å². The summed E-state index contributed by atoms with van der Waals surface area (Å²) < 4.78 is 0. The van der Waals surface area contributed by atoms with Crippen molar-refractivity contribution < 1.29 is 14.4 Å². The first-order valence-corrected chi connectivity index (χ1v) is 7.88. The number of urea groups is 1. The predicted octanol–water partition coefficient (Wildman–Crippen LogP) is 1.32. The highest BCUT2D eigenvalue weighted by molar-refractivity contribution is 6.08. The van der Waals surface area contributed by atoms with Crippen LogP contribution in [0.25, 0.3) is 0 Å². The molecule has 6 heteroatoms. The van der Waals surface area contributed by atoms with Crippen LogP contribution < -0.4 is 0 Å². The Labute approximate surface area is 135 Å². The zero-order chi connectivity index (χ0) is 16.6. The Morgan fingerprint density at radius 1 is 1.17 bits per heavy atom. The molecule has 2 aliphatic heterocycles. The number of benzene rings is 1. The van der Waals surface area contributed by atoms with Gasteiger partial charge in [0.2, 0.25) is 5.91 Å². The summed E-state index contributed by atoms with van der Waals surface area (Å²) in [4.78, 5) is 42.1. The molecule has 2 fully saturated rings. The molecule has 1 aromatic rings. The minimum absolute atomic E-state index is 0.153. The van der Waals surface area contributed by atoms with Crippen LogP contribution in [0, 0.1) is 5.92 Å². The fourth-order valence-corrected chi connectivity index (χ4v) is 3.42. The molecule has 1 aromatic carbocycles. The molecule has 0 radical (unpaired) electrons. The van der Waals surface area contributed by atoms with Gasteiger partial charge in [-0.3, -0.25) is 14.5 Å². The van der Waals surface area contributed by atoms with Gasteiger partial charge in [0.15, 0.2) is 0 Å². The number of rotatable bonds is 2. The van der Waals surface area contributed by atoms with E-state index in [9.17, 15) is 14.4 Å². The molecule has 2 saturated heterocycles. The van der Waals surface area contributed by atoms with Crippen LogP contribution in [0.5, 0.6) is 0 Å². The Balaban J connectivity index is 1.85. The van der Waals surface area contributed by atoms with Crippen LogP contribution in [0.15, 0.2) is 30.3 Å². The summed E-state index contributed by atoms with van der Waals surface area (Å²) in [5.74, 6) is -0.803. The van der Waals surface area contributed by atoms with Gasteiger partial charge >= 0.3 is 6.03 Å². The predicted molar refractivity (Wildman–Crippen MR) is 84.3 cm³/mol. The maximum Gasteiger partial charge on any atom is 0.320 e. The number of hydrogen-bond donors (Lipinski definition) is 0. The molecule has 2 aliphatic rings. The number of carbonyl (C=O) groups is 3. The summed E-state index contributed by atoms with van der Waals surface area (Å²) in [6.07, 6.45) is 1.41. The maximum atomic E-state index is 12.8. The zero-order valence-corrected chi connectivity index (χ0v) is 13.4. The largest absolute Gasteiger partial charge is 0.331 e. The van der Waals surface area contributed by atoms with E-state index < -0.39 is 12.0 Å². The molecule has 0 saturated carbocycles. The van der Waals surface area contributed by atoms with E-state index in [4.69, 9.17) is 0 Å². The summed E-state index contributed by atoms with van der Waals surface area (Å²) in [7, 11) is 3.32. The normalized spacial score (nSPS) is 23.9. The average molecular weight is 315 g/mol. The van der Waals surface area contributed by atoms with Crippen molar-refractivity contribution in [1.29, 1.82) is 0 Å². The molecular formula is C17H21N3O3. The second kappa shape index (κ2) is 6.02. The molecule has 3 rings (SSSR count). The molecule has 2 heterocycles. The number of nitrogens with zero attached hydrogens (tertiary/aromatic N) is 3. The summed E-state index contributed by atoms with van der Waals surface area (Å²) in [6, 6.07) is 8.60. The van der Waals surface area contributed by atoms with Crippen molar-refractivity contribution in [2.45, 2.75) is 25.4 Å². The number of fused-ring (bicyclic) bond motifs is 1. The van der Waals surface area contributed by atoms with Crippen molar-refractivity contribution in [3.8, 4) is 0 Å². The van der Waals surface area contributed by atoms with Gasteiger partial charge in [-0.05, 0) is 18.4 Å². The minimum Gasteiger partial charge on any atom is -0.331 e. The molecular weight excluding hydrogens is 294 g/mol. The average Bonchev–Trinajstić information content (AvgIpc) is 2.80. The van der Waals surface area contributed by atoms with E-state index in [-0.39, 0.29) is 24.4 Å². The van der Waals surface area contributed by atoms with Gasteiger partial charge in [-0.1, -0.05) is 30.3 Å². The third kappa shape index (κ3) is 2.69.